The van der Waals surface area contributed by atoms with E-state index in [0.29, 0.717) is 5.57 Å². The number of carbonyl (C=O) groups is 1. The first-order valence-corrected chi connectivity index (χ1v) is 4.27. The van der Waals surface area contributed by atoms with Gasteiger partial charge in [0.05, 0.1) is 12.2 Å². The second kappa shape index (κ2) is 4.46. The molecule has 0 aromatic heterocycles. The molecule has 0 aliphatic carbocycles. The number of aliphatic hydroxyl groups excluding tert-OH is 1. The molecule has 0 saturated heterocycles. The van der Waals surface area contributed by atoms with Crippen LogP contribution in [0.3, 0.4) is 0 Å². The van der Waals surface area contributed by atoms with Crippen LogP contribution in [0.4, 0.5) is 0 Å². The summed E-state index contributed by atoms with van der Waals surface area (Å²) in [7, 11) is 0. The molecule has 0 amide bonds. The zero-order valence-electron chi connectivity index (χ0n) is 7.90. The van der Waals surface area contributed by atoms with Crippen LogP contribution in [0.1, 0.15) is 18.9 Å². The number of hydrogen-bond donors (Lipinski definition) is 2. The fraction of sp³-hybridized carbons (Fsp3) is 0.182. The fourth-order valence-corrected chi connectivity index (χ4v) is 1.23. The van der Waals surface area contributed by atoms with E-state index >= 15 is 0 Å². The molecule has 0 aliphatic rings. The molecule has 0 saturated carbocycles. The number of aliphatic carboxylic acids is 1. The predicted molar refractivity (Wildman–Crippen MR) is 53.9 cm³/mol. The molecule has 0 aliphatic heterocycles. The van der Waals surface area contributed by atoms with E-state index in [1.165, 1.54) is 6.92 Å². The van der Waals surface area contributed by atoms with Crippen molar-refractivity contribution >= 4 is 11.5 Å². The Balaban J connectivity index is 3.03. The minimum Gasteiger partial charge on any atom is -0.512 e. The van der Waals surface area contributed by atoms with Gasteiger partial charge in [-0.2, -0.15) is 0 Å². The summed E-state index contributed by atoms with van der Waals surface area (Å²) in [5.74, 6) is -0.893. The number of benzene rings is 1. The van der Waals surface area contributed by atoms with Crippen molar-refractivity contribution in [1.29, 1.82) is 0 Å². The largest absolute Gasteiger partial charge is 0.512 e. The van der Waals surface area contributed by atoms with Crippen LogP contribution in [-0.4, -0.2) is 16.2 Å². The van der Waals surface area contributed by atoms with Crippen LogP contribution in [0, 0.1) is 0 Å². The summed E-state index contributed by atoms with van der Waals surface area (Å²) in [4.78, 5) is 10.5. The summed E-state index contributed by atoms with van der Waals surface area (Å²) in [5.41, 5.74) is 1.20. The molecule has 74 valence electrons. The quantitative estimate of drug-likeness (QED) is 0.723. The molecule has 14 heavy (non-hydrogen) atoms. The maximum Gasteiger partial charge on any atom is 0.307 e. The molecule has 0 unspecified atom stereocenters. The van der Waals surface area contributed by atoms with Gasteiger partial charge >= 0.3 is 5.97 Å². The third-order valence-electron chi connectivity index (χ3n) is 1.89. The Labute approximate surface area is 82.3 Å². The average Bonchev–Trinajstić information content (AvgIpc) is 2.15. The van der Waals surface area contributed by atoms with Gasteiger partial charge in [-0.25, -0.2) is 0 Å². The Kier molecular flexibility index (Phi) is 3.29. The predicted octanol–water partition coefficient (Wildman–Crippen LogP) is 2.45. The van der Waals surface area contributed by atoms with Crippen molar-refractivity contribution in [2.45, 2.75) is 13.3 Å². The second-order valence-electron chi connectivity index (χ2n) is 3.00. The first-order valence-electron chi connectivity index (χ1n) is 4.27. The van der Waals surface area contributed by atoms with E-state index in [-0.39, 0.29) is 12.2 Å². The van der Waals surface area contributed by atoms with E-state index < -0.39 is 5.97 Å². The van der Waals surface area contributed by atoms with Gasteiger partial charge in [0.2, 0.25) is 0 Å². The molecule has 0 heterocycles. The molecule has 1 aromatic carbocycles. The number of aliphatic hydroxyl groups is 1. The van der Waals surface area contributed by atoms with Crippen molar-refractivity contribution in [3.8, 4) is 0 Å². The SMILES string of the molecule is CC(O)=C(CC(=O)O)c1ccccc1. The van der Waals surface area contributed by atoms with Gasteiger partial charge in [-0.1, -0.05) is 30.3 Å². The first kappa shape index (κ1) is 10.3. The van der Waals surface area contributed by atoms with Crippen LogP contribution in [0.15, 0.2) is 36.1 Å². The molecule has 0 bridgehead atoms. The topological polar surface area (TPSA) is 57.5 Å². The number of carboxylic acids is 1. The Morgan fingerprint density at radius 1 is 1.21 bits per heavy atom. The van der Waals surface area contributed by atoms with E-state index in [1.807, 2.05) is 6.07 Å². The lowest BCUT2D eigenvalue weighted by molar-refractivity contribution is -0.135. The van der Waals surface area contributed by atoms with Gasteiger partial charge in [0.25, 0.3) is 0 Å². The summed E-state index contributed by atoms with van der Waals surface area (Å²) in [5, 5.41) is 18.0. The summed E-state index contributed by atoms with van der Waals surface area (Å²) in [6, 6.07) is 9.00. The third kappa shape index (κ3) is 2.62. The van der Waals surface area contributed by atoms with Crippen LogP contribution < -0.4 is 0 Å². The lowest BCUT2D eigenvalue weighted by Gasteiger charge is -2.05. The van der Waals surface area contributed by atoms with E-state index in [1.54, 1.807) is 24.3 Å². The number of carboxylic acid groups (broad SMARTS) is 1. The fourth-order valence-electron chi connectivity index (χ4n) is 1.23. The highest BCUT2D eigenvalue weighted by molar-refractivity contribution is 5.84. The third-order valence-corrected chi connectivity index (χ3v) is 1.89. The van der Waals surface area contributed by atoms with Crippen LogP contribution in [0.25, 0.3) is 5.57 Å². The van der Waals surface area contributed by atoms with Gasteiger partial charge in [-0.3, -0.25) is 4.79 Å². The average molecular weight is 192 g/mol. The molecule has 3 nitrogen and oxygen atoms in total. The maximum atomic E-state index is 10.5. The van der Waals surface area contributed by atoms with Crippen molar-refractivity contribution in [2.24, 2.45) is 0 Å². The Bertz CT molecular complexity index is 348. The standard InChI is InChI=1S/C11H12O3/c1-8(12)10(7-11(13)14)9-5-3-2-4-6-9/h2-6,12H,7H2,1H3,(H,13,14). The summed E-state index contributed by atoms with van der Waals surface area (Å²) in [6.45, 7) is 1.49. The van der Waals surface area contributed by atoms with Crippen molar-refractivity contribution in [1.82, 2.24) is 0 Å². The van der Waals surface area contributed by atoms with Crippen LogP contribution in [0.5, 0.6) is 0 Å². The van der Waals surface area contributed by atoms with E-state index in [2.05, 4.69) is 0 Å². The van der Waals surface area contributed by atoms with Gasteiger partial charge in [-0.05, 0) is 12.5 Å². The molecule has 0 radical (unpaired) electrons. The summed E-state index contributed by atoms with van der Waals surface area (Å²) < 4.78 is 0. The molecule has 2 N–H and O–H groups in total. The van der Waals surface area contributed by atoms with E-state index in [4.69, 9.17) is 5.11 Å². The van der Waals surface area contributed by atoms with Crippen molar-refractivity contribution in [2.75, 3.05) is 0 Å². The highest BCUT2D eigenvalue weighted by Crippen LogP contribution is 2.20. The maximum absolute atomic E-state index is 10.5. The minimum atomic E-state index is -0.947. The van der Waals surface area contributed by atoms with Crippen LogP contribution in [-0.2, 0) is 4.79 Å². The smallest absolute Gasteiger partial charge is 0.307 e. The molecular formula is C11H12O3. The molecule has 1 rings (SSSR count). The number of allylic oxidation sites excluding steroid dienone is 1. The molecule has 0 atom stereocenters. The summed E-state index contributed by atoms with van der Waals surface area (Å²) >= 11 is 0. The van der Waals surface area contributed by atoms with Gasteiger partial charge in [0, 0.05) is 5.57 Å². The van der Waals surface area contributed by atoms with E-state index in [9.17, 15) is 9.90 Å². The Hall–Kier alpha value is -1.77. The minimum absolute atomic E-state index is 0.0543. The monoisotopic (exact) mass is 192 g/mol. The summed E-state index contributed by atoms with van der Waals surface area (Å²) in [6.07, 6.45) is -0.160. The zero-order valence-corrected chi connectivity index (χ0v) is 7.90. The lowest BCUT2D eigenvalue weighted by Crippen LogP contribution is -1.99. The highest BCUT2D eigenvalue weighted by atomic mass is 16.4. The van der Waals surface area contributed by atoms with Gasteiger partial charge in [0.1, 0.15) is 0 Å². The molecular weight excluding hydrogens is 180 g/mol. The van der Waals surface area contributed by atoms with Crippen molar-refractivity contribution in [3.63, 3.8) is 0 Å². The van der Waals surface area contributed by atoms with Crippen molar-refractivity contribution in [3.05, 3.63) is 41.7 Å². The van der Waals surface area contributed by atoms with Gasteiger partial charge in [-0.15, -0.1) is 0 Å². The number of rotatable bonds is 3. The van der Waals surface area contributed by atoms with Gasteiger partial charge in [0.15, 0.2) is 0 Å². The Morgan fingerprint density at radius 3 is 2.21 bits per heavy atom. The second-order valence-corrected chi connectivity index (χ2v) is 3.00. The highest BCUT2D eigenvalue weighted by Gasteiger charge is 2.09. The number of hydrogen-bond acceptors (Lipinski definition) is 2. The van der Waals surface area contributed by atoms with Crippen LogP contribution >= 0.6 is 0 Å². The lowest BCUT2D eigenvalue weighted by atomic mass is 10.0. The van der Waals surface area contributed by atoms with Crippen LogP contribution in [0.2, 0.25) is 0 Å². The zero-order chi connectivity index (χ0) is 10.6. The molecule has 0 fully saturated rings. The molecule has 1 aromatic rings. The molecule has 3 heteroatoms. The molecule has 0 spiro atoms. The van der Waals surface area contributed by atoms with E-state index in [0.717, 1.165) is 5.56 Å². The Morgan fingerprint density at radius 2 is 1.79 bits per heavy atom. The normalized spacial score (nSPS) is 12.1. The van der Waals surface area contributed by atoms with Crippen molar-refractivity contribution < 1.29 is 15.0 Å². The first-order chi connectivity index (χ1) is 6.61. The van der Waals surface area contributed by atoms with Gasteiger partial charge < -0.3 is 10.2 Å².